The third kappa shape index (κ3) is 4.60. The average Bonchev–Trinajstić information content (AvgIpc) is 3.19. The molecule has 8 heteroatoms. The molecule has 2 aromatic heterocycles. The van der Waals surface area contributed by atoms with Crippen LogP contribution < -0.4 is 5.32 Å². The predicted molar refractivity (Wildman–Crippen MR) is 121 cm³/mol. The predicted octanol–water partition coefficient (Wildman–Crippen LogP) is 4.99. The van der Waals surface area contributed by atoms with E-state index in [9.17, 15) is 14.7 Å². The summed E-state index contributed by atoms with van der Waals surface area (Å²) >= 11 is 4.67. The summed E-state index contributed by atoms with van der Waals surface area (Å²) < 4.78 is 0.771. The van der Waals surface area contributed by atoms with Crippen LogP contribution in [0.25, 0.3) is 11.4 Å². The van der Waals surface area contributed by atoms with Crippen LogP contribution in [-0.4, -0.2) is 27.0 Å². The number of hydrogen-bond acceptors (Lipinski definition) is 5. The Morgan fingerprint density at radius 3 is 2.10 bits per heavy atom. The highest BCUT2D eigenvalue weighted by Crippen LogP contribution is 2.31. The number of thiophene rings is 1. The second kappa shape index (κ2) is 8.28. The summed E-state index contributed by atoms with van der Waals surface area (Å²) in [6, 6.07) is 10.5. The Hall–Kier alpha value is -2.58. The van der Waals surface area contributed by atoms with Crippen LogP contribution in [0.1, 0.15) is 47.8 Å². The largest absolute Gasteiger partial charge is 0.479 e. The SMILES string of the molecule is CC(C)(C)c1ccc(C(=O)N[C@](C)(C(=O)O)c2ccc(-c3ncc(Br)cn3)cc2)s1. The second-order valence-corrected chi connectivity index (χ2v) is 10.1. The Kier molecular flexibility index (Phi) is 6.10. The number of benzene rings is 1. The van der Waals surface area contributed by atoms with Crippen molar-refractivity contribution < 1.29 is 14.7 Å². The molecule has 0 aliphatic rings. The van der Waals surface area contributed by atoms with E-state index in [1.807, 2.05) is 6.07 Å². The number of nitrogens with one attached hydrogen (secondary N) is 1. The molecule has 3 aromatic rings. The summed E-state index contributed by atoms with van der Waals surface area (Å²) in [5, 5.41) is 12.6. The van der Waals surface area contributed by atoms with E-state index in [1.54, 1.807) is 42.7 Å². The molecular formula is C22H22BrN3O3S. The van der Waals surface area contributed by atoms with Crippen LogP contribution in [0, 0.1) is 0 Å². The van der Waals surface area contributed by atoms with Gasteiger partial charge in [-0.3, -0.25) is 4.79 Å². The van der Waals surface area contributed by atoms with Crippen molar-refractivity contribution in [2.45, 2.75) is 38.6 Å². The first-order chi connectivity index (χ1) is 14.0. The normalized spacial score (nSPS) is 13.5. The first-order valence-electron chi connectivity index (χ1n) is 9.25. The van der Waals surface area contributed by atoms with Gasteiger partial charge < -0.3 is 10.4 Å². The molecule has 0 saturated heterocycles. The van der Waals surface area contributed by atoms with E-state index in [2.05, 4.69) is 52.0 Å². The molecule has 30 heavy (non-hydrogen) atoms. The number of aromatic nitrogens is 2. The van der Waals surface area contributed by atoms with Gasteiger partial charge in [-0.25, -0.2) is 14.8 Å². The fraction of sp³-hybridized carbons (Fsp3) is 0.273. The van der Waals surface area contributed by atoms with Gasteiger partial charge >= 0.3 is 5.97 Å². The average molecular weight is 488 g/mol. The van der Waals surface area contributed by atoms with Gasteiger partial charge in [0.15, 0.2) is 11.4 Å². The molecule has 2 N–H and O–H groups in total. The minimum Gasteiger partial charge on any atom is -0.479 e. The topological polar surface area (TPSA) is 92.2 Å². The van der Waals surface area contributed by atoms with Crippen LogP contribution in [0.5, 0.6) is 0 Å². The number of rotatable bonds is 5. The summed E-state index contributed by atoms with van der Waals surface area (Å²) in [4.78, 5) is 34.9. The van der Waals surface area contributed by atoms with Crippen molar-refractivity contribution in [2.75, 3.05) is 0 Å². The lowest BCUT2D eigenvalue weighted by Crippen LogP contribution is -2.49. The van der Waals surface area contributed by atoms with Crippen LogP contribution in [0.3, 0.4) is 0 Å². The van der Waals surface area contributed by atoms with Crippen LogP contribution in [0.4, 0.5) is 0 Å². The molecule has 0 spiro atoms. The molecule has 6 nitrogen and oxygen atoms in total. The Morgan fingerprint density at radius 2 is 1.60 bits per heavy atom. The second-order valence-electron chi connectivity index (χ2n) is 8.10. The number of nitrogens with zero attached hydrogens (tertiary/aromatic N) is 2. The first-order valence-corrected chi connectivity index (χ1v) is 10.9. The van der Waals surface area contributed by atoms with E-state index >= 15 is 0 Å². The van der Waals surface area contributed by atoms with Gasteiger partial charge in [0, 0.05) is 22.8 Å². The number of aliphatic carboxylic acids is 1. The molecule has 0 aliphatic carbocycles. The van der Waals surface area contributed by atoms with Crippen molar-refractivity contribution in [3.8, 4) is 11.4 Å². The van der Waals surface area contributed by atoms with Crippen molar-refractivity contribution in [3.63, 3.8) is 0 Å². The first kappa shape index (κ1) is 22.1. The molecule has 0 saturated carbocycles. The van der Waals surface area contributed by atoms with Crippen molar-refractivity contribution in [1.29, 1.82) is 0 Å². The van der Waals surface area contributed by atoms with Crippen LogP contribution >= 0.6 is 27.3 Å². The summed E-state index contributed by atoms with van der Waals surface area (Å²) in [6.07, 6.45) is 3.29. The van der Waals surface area contributed by atoms with Crippen molar-refractivity contribution in [1.82, 2.24) is 15.3 Å². The minimum atomic E-state index is -1.58. The molecule has 0 fully saturated rings. The lowest BCUT2D eigenvalue weighted by Gasteiger charge is -2.26. The molecule has 156 valence electrons. The zero-order valence-electron chi connectivity index (χ0n) is 17.1. The van der Waals surface area contributed by atoms with Gasteiger partial charge in [-0.1, -0.05) is 45.0 Å². The van der Waals surface area contributed by atoms with Gasteiger partial charge in [0.2, 0.25) is 0 Å². The van der Waals surface area contributed by atoms with Crippen molar-refractivity contribution in [2.24, 2.45) is 0 Å². The van der Waals surface area contributed by atoms with Crippen LogP contribution in [0.15, 0.2) is 53.3 Å². The maximum Gasteiger partial charge on any atom is 0.333 e. The molecule has 0 radical (unpaired) electrons. The van der Waals surface area contributed by atoms with E-state index in [4.69, 9.17) is 0 Å². The number of carboxylic acid groups (broad SMARTS) is 1. The smallest absolute Gasteiger partial charge is 0.333 e. The summed E-state index contributed by atoms with van der Waals surface area (Å²) in [7, 11) is 0. The fourth-order valence-corrected chi connectivity index (χ4v) is 3.98. The molecular weight excluding hydrogens is 466 g/mol. The van der Waals surface area contributed by atoms with Crippen molar-refractivity contribution in [3.05, 3.63) is 68.6 Å². The molecule has 0 aliphatic heterocycles. The molecule has 1 amide bonds. The Bertz CT molecular complexity index is 1070. The van der Waals surface area contributed by atoms with E-state index in [0.29, 0.717) is 16.3 Å². The lowest BCUT2D eigenvalue weighted by atomic mass is 9.91. The van der Waals surface area contributed by atoms with Crippen LogP contribution in [-0.2, 0) is 15.7 Å². The van der Waals surface area contributed by atoms with Gasteiger partial charge in [0.25, 0.3) is 5.91 Å². The standard InChI is InChI=1S/C22H22BrN3O3S/c1-21(2,3)17-10-9-16(30-17)19(27)26-22(4,20(28)29)14-7-5-13(6-8-14)18-24-11-15(23)12-25-18/h5-12H,1-4H3,(H,26,27)(H,28,29)/t22-/m0/s1. The molecule has 0 bridgehead atoms. The number of carbonyl (C=O) groups excluding carboxylic acids is 1. The van der Waals surface area contributed by atoms with Gasteiger partial charge in [-0.2, -0.15) is 0 Å². The molecule has 3 rings (SSSR count). The molecule has 2 heterocycles. The van der Waals surface area contributed by atoms with E-state index < -0.39 is 17.4 Å². The number of carbonyl (C=O) groups is 2. The number of carboxylic acids is 1. The lowest BCUT2D eigenvalue weighted by molar-refractivity contribution is -0.144. The molecule has 0 unspecified atom stereocenters. The quantitative estimate of drug-likeness (QED) is 0.528. The molecule has 1 atom stereocenters. The number of hydrogen-bond donors (Lipinski definition) is 2. The zero-order valence-corrected chi connectivity index (χ0v) is 19.5. The van der Waals surface area contributed by atoms with Gasteiger partial charge in [-0.15, -0.1) is 11.3 Å². The third-order valence-electron chi connectivity index (χ3n) is 4.70. The summed E-state index contributed by atoms with van der Waals surface area (Å²) in [6.45, 7) is 7.69. The third-order valence-corrected chi connectivity index (χ3v) is 6.62. The Labute approximate surface area is 187 Å². The summed E-state index contributed by atoms with van der Waals surface area (Å²) in [5.74, 6) is -1.03. The number of amides is 1. The van der Waals surface area contributed by atoms with Gasteiger partial charge in [0.1, 0.15) is 0 Å². The maximum absolute atomic E-state index is 12.8. The highest BCUT2D eigenvalue weighted by atomic mass is 79.9. The minimum absolute atomic E-state index is 0.0791. The zero-order chi connectivity index (χ0) is 22.1. The number of halogens is 1. The van der Waals surface area contributed by atoms with Gasteiger partial charge in [-0.05, 0) is 46.0 Å². The molecule has 1 aromatic carbocycles. The fourth-order valence-electron chi connectivity index (χ4n) is 2.81. The monoisotopic (exact) mass is 487 g/mol. The highest BCUT2D eigenvalue weighted by molar-refractivity contribution is 9.10. The Morgan fingerprint density at radius 1 is 1.00 bits per heavy atom. The van der Waals surface area contributed by atoms with E-state index in [0.717, 1.165) is 14.9 Å². The van der Waals surface area contributed by atoms with E-state index in [-0.39, 0.29) is 5.41 Å². The Balaban J connectivity index is 1.86. The van der Waals surface area contributed by atoms with Gasteiger partial charge in [0.05, 0.1) is 9.35 Å². The van der Waals surface area contributed by atoms with Crippen LogP contribution in [0.2, 0.25) is 0 Å². The van der Waals surface area contributed by atoms with Crippen molar-refractivity contribution >= 4 is 39.1 Å². The summed E-state index contributed by atoms with van der Waals surface area (Å²) in [5.41, 5.74) is -0.457. The van der Waals surface area contributed by atoms with E-state index in [1.165, 1.54) is 18.3 Å². The highest BCUT2D eigenvalue weighted by Gasteiger charge is 2.37. The maximum atomic E-state index is 12.8.